The molecule has 8 heteroatoms. The fraction of sp³-hybridized carbons (Fsp3) is 0.519. The summed E-state index contributed by atoms with van der Waals surface area (Å²) >= 11 is 0. The van der Waals surface area contributed by atoms with Crippen LogP contribution in [0.15, 0.2) is 54.6 Å². The van der Waals surface area contributed by atoms with Gasteiger partial charge in [-0.3, -0.25) is 4.79 Å². The quantitative estimate of drug-likeness (QED) is 0.256. The summed E-state index contributed by atoms with van der Waals surface area (Å²) in [4.78, 5) is 10.6. The van der Waals surface area contributed by atoms with Gasteiger partial charge in [-0.15, -0.1) is 0 Å². The van der Waals surface area contributed by atoms with Crippen LogP contribution >= 0.6 is 0 Å². The number of sulfone groups is 1. The number of aliphatic carboxylic acids is 1. The molecule has 0 aromatic heterocycles. The molecule has 2 atom stereocenters. The van der Waals surface area contributed by atoms with E-state index in [1.165, 1.54) is 18.4 Å². The summed E-state index contributed by atoms with van der Waals surface area (Å²) in [6, 6.07) is 15.6. The molecule has 0 saturated heterocycles. The van der Waals surface area contributed by atoms with Crippen molar-refractivity contribution in [2.75, 3.05) is 12.9 Å². The van der Waals surface area contributed by atoms with Crippen LogP contribution in [0, 0.1) is 5.82 Å². The van der Waals surface area contributed by atoms with Crippen molar-refractivity contribution in [2.45, 2.75) is 75.7 Å². The van der Waals surface area contributed by atoms with Crippen molar-refractivity contribution in [3.8, 4) is 5.75 Å². The first-order chi connectivity index (χ1) is 16.7. The van der Waals surface area contributed by atoms with Gasteiger partial charge in [0.05, 0.1) is 18.0 Å². The molecule has 2 aromatic carbocycles. The summed E-state index contributed by atoms with van der Waals surface area (Å²) in [6.45, 7) is 0.704. The second-order valence-electron chi connectivity index (χ2n) is 8.91. The number of carboxylic acid groups (broad SMARTS) is 1. The predicted octanol–water partition coefficient (Wildman–Crippen LogP) is 5.80. The predicted molar refractivity (Wildman–Crippen MR) is 135 cm³/mol. The minimum absolute atomic E-state index is 0.153. The Hall–Kier alpha value is -2.45. The van der Waals surface area contributed by atoms with Crippen LogP contribution in [0.4, 0.5) is 4.39 Å². The Bertz CT molecular complexity index is 963. The van der Waals surface area contributed by atoms with E-state index in [0.717, 1.165) is 24.8 Å². The van der Waals surface area contributed by atoms with Gasteiger partial charge in [0.1, 0.15) is 28.0 Å². The SMILES string of the molecule is CS(=O)(=O)C(CCCCCCC(=O)O)CCCC(COc1ccc(F)cc1)OCc1ccccc1. The second-order valence-corrected chi connectivity index (χ2v) is 11.2. The Morgan fingerprint density at radius 3 is 2.23 bits per heavy atom. The van der Waals surface area contributed by atoms with Crippen molar-refractivity contribution < 1.29 is 32.2 Å². The van der Waals surface area contributed by atoms with Crippen LogP contribution in [0.2, 0.25) is 0 Å². The van der Waals surface area contributed by atoms with Gasteiger partial charge in [0.15, 0.2) is 0 Å². The van der Waals surface area contributed by atoms with Crippen LogP contribution in [-0.4, -0.2) is 43.7 Å². The number of ether oxygens (including phenoxy) is 2. The maximum Gasteiger partial charge on any atom is 0.303 e. The highest BCUT2D eigenvalue weighted by Crippen LogP contribution is 2.20. The number of unbranched alkanes of at least 4 members (excludes halogenated alkanes) is 3. The lowest BCUT2D eigenvalue weighted by Gasteiger charge is -2.20. The zero-order chi connectivity index (χ0) is 25.5. The average Bonchev–Trinajstić information content (AvgIpc) is 2.82. The fourth-order valence-electron chi connectivity index (χ4n) is 3.87. The summed E-state index contributed by atoms with van der Waals surface area (Å²) in [5, 5.41) is 8.29. The topological polar surface area (TPSA) is 89.9 Å². The van der Waals surface area contributed by atoms with Crippen molar-refractivity contribution in [2.24, 2.45) is 0 Å². The number of halogens is 1. The molecule has 2 aromatic rings. The van der Waals surface area contributed by atoms with Gasteiger partial charge in [-0.05, 0) is 61.9 Å². The van der Waals surface area contributed by atoms with E-state index in [1.54, 1.807) is 12.1 Å². The first kappa shape index (κ1) is 28.8. The van der Waals surface area contributed by atoms with Gasteiger partial charge in [0, 0.05) is 12.7 Å². The lowest BCUT2D eigenvalue weighted by Crippen LogP contribution is -2.24. The van der Waals surface area contributed by atoms with E-state index in [2.05, 4.69) is 0 Å². The van der Waals surface area contributed by atoms with E-state index < -0.39 is 21.1 Å². The summed E-state index contributed by atoms with van der Waals surface area (Å²) in [5.41, 5.74) is 1.04. The maximum absolute atomic E-state index is 13.2. The molecular formula is C27H37FO6S. The summed E-state index contributed by atoms with van der Waals surface area (Å²) in [6.07, 6.45) is 6.61. The fourth-order valence-corrected chi connectivity index (χ4v) is 5.06. The van der Waals surface area contributed by atoms with E-state index >= 15 is 0 Å². The molecule has 0 aliphatic rings. The first-order valence-electron chi connectivity index (χ1n) is 12.2. The third-order valence-corrected chi connectivity index (χ3v) is 7.58. The number of carboxylic acids is 1. The molecule has 0 heterocycles. The van der Waals surface area contributed by atoms with Crippen LogP contribution in [-0.2, 0) is 26.0 Å². The Kier molecular flexibility index (Phi) is 12.8. The Morgan fingerprint density at radius 1 is 0.914 bits per heavy atom. The molecule has 0 amide bonds. The number of benzene rings is 2. The molecular weight excluding hydrogens is 471 g/mol. The zero-order valence-electron chi connectivity index (χ0n) is 20.4. The lowest BCUT2D eigenvalue weighted by atomic mass is 10.0. The van der Waals surface area contributed by atoms with Gasteiger partial charge in [-0.25, -0.2) is 12.8 Å². The smallest absolute Gasteiger partial charge is 0.303 e. The lowest BCUT2D eigenvalue weighted by molar-refractivity contribution is -0.137. The summed E-state index contributed by atoms with van der Waals surface area (Å²) in [5.74, 6) is -0.578. The Morgan fingerprint density at radius 2 is 1.57 bits per heavy atom. The third-order valence-electron chi connectivity index (χ3n) is 5.90. The summed E-state index contributed by atoms with van der Waals surface area (Å²) < 4.78 is 49.7. The van der Waals surface area contributed by atoms with Crippen LogP contribution in [0.25, 0.3) is 0 Å². The van der Waals surface area contributed by atoms with E-state index in [-0.39, 0.29) is 24.9 Å². The van der Waals surface area contributed by atoms with Gasteiger partial charge < -0.3 is 14.6 Å². The number of hydrogen-bond donors (Lipinski definition) is 1. The van der Waals surface area contributed by atoms with Crippen LogP contribution in [0.3, 0.4) is 0 Å². The van der Waals surface area contributed by atoms with Gasteiger partial charge in [-0.1, -0.05) is 49.6 Å². The molecule has 0 aliphatic heterocycles. The van der Waals surface area contributed by atoms with Crippen LogP contribution < -0.4 is 4.74 Å². The van der Waals surface area contributed by atoms with E-state index in [9.17, 15) is 17.6 Å². The zero-order valence-corrected chi connectivity index (χ0v) is 21.2. The van der Waals surface area contributed by atoms with E-state index in [1.807, 2.05) is 30.3 Å². The minimum Gasteiger partial charge on any atom is -0.491 e. The van der Waals surface area contributed by atoms with E-state index in [0.29, 0.717) is 44.5 Å². The maximum atomic E-state index is 13.2. The highest BCUT2D eigenvalue weighted by molar-refractivity contribution is 7.91. The molecule has 194 valence electrons. The number of hydrogen-bond acceptors (Lipinski definition) is 5. The largest absolute Gasteiger partial charge is 0.491 e. The van der Waals surface area contributed by atoms with Gasteiger partial charge in [0.25, 0.3) is 0 Å². The van der Waals surface area contributed by atoms with Gasteiger partial charge in [-0.2, -0.15) is 0 Å². The number of carbonyl (C=O) groups is 1. The van der Waals surface area contributed by atoms with Crippen molar-refractivity contribution in [3.63, 3.8) is 0 Å². The Labute approximate surface area is 208 Å². The van der Waals surface area contributed by atoms with Crippen molar-refractivity contribution in [3.05, 3.63) is 66.0 Å². The van der Waals surface area contributed by atoms with Crippen molar-refractivity contribution in [1.82, 2.24) is 0 Å². The molecule has 6 nitrogen and oxygen atoms in total. The standard InChI is InChI=1S/C27H37FO6S/c1-35(31,32)26(13-7-2-3-8-15-27(29)30)14-9-12-25(33-20-22-10-5-4-6-11-22)21-34-24-18-16-23(28)17-19-24/h4-6,10-11,16-19,25-26H,2-3,7-9,12-15,20-21H2,1H3,(H,29,30). The molecule has 2 rings (SSSR count). The van der Waals surface area contributed by atoms with Crippen molar-refractivity contribution >= 4 is 15.8 Å². The Balaban J connectivity index is 1.85. The van der Waals surface area contributed by atoms with Gasteiger partial charge in [0.2, 0.25) is 0 Å². The highest BCUT2D eigenvalue weighted by atomic mass is 32.2. The molecule has 0 radical (unpaired) electrons. The third kappa shape index (κ3) is 12.7. The highest BCUT2D eigenvalue weighted by Gasteiger charge is 2.21. The van der Waals surface area contributed by atoms with Crippen molar-refractivity contribution in [1.29, 1.82) is 0 Å². The van der Waals surface area contributed by atoms with Gasteiger partial charge >= 0.3 is 5.97 Å². The van der Waals surface area contributed by atoms with Crippen LogP contribution in [0.5, 0.6) is 5.75 Å². The molecule has 0 saturated carbocycles. The molecule has 0 spiro atoms. The first-order valence-corrected chi connectivity index (χ1v) is 14.1. The average molecular weight is 509 g/mol. The monoisotopic (exact) mass is 508 g/mol. The molecule has 0 bridgehead atoms. The van der Waals surface area contributed by atoms with Crippen LogP contribution in [0.1, 0.15) is 63.4 Å². The molecule has 2 unspecified atom stereocenters. The number of rotatable bonds is 18. The molecule has 35 heavy (non-hydrogen) atoms. The minimum atomic E-state index is -3.19. The summed E-state index contributed by atoms with van der Waals surface area (Å²) in [7, 11) is -3.19. The molecule has 0 aliphatic carbocycles. The second kappa shape index (κ2) is 15.5. The normalized spacial score (nSPS) is 13.3. The van der Waals surface area contributed by atoms with E-state index in [4.69, 9.17) is 14.6 Å². The molecule has 0 fully saturated rings. The molecule has 1 N–H and O–H groups in total.